The Morgan fingerprint density at radius 1 is 1.25 bits per heavy atom. The minimum absolute atomic E-state index is 0.0758. The van der Waals surface area contributed by atoms with E-state index in [4.69, 9.17) is 0 Å². The van der Waals surface area contributed by atoms with E-state index in [1.54, 1.807) is 11.3 Å². The Morgan fingerprint density at radius 2 is 2.00 bits per heavy atom. The number of aryl methyl sites for hydroxylation is 1. The van der Waals surface area contributed by atoms with Gasteiger partial charge in [0.15, 0.2) is 0 Å². The molecule has 0 aliphatic carbocycles. The predicted molar refractivity (Wildman–Crippen MR) is 76.8 cm³/mol. The van der Waals surface area contributed by atoms with Gasteiger partial charge in [0.2, 0.25) is 0 Å². The third kappa shape index (κ3) is 3.62. The molecule has 0 aliphatic rings. The van der Waals surface area contributed by atoms with Gasteiger partial charge in [0.05, 0.1) is 6.10 Å². The molecule has 0 radical (unpaired) electrons. The van der Waals surface area contributed by atoms with Gasteiger partial charge in [-0.25, -0.2) is 8.78 Å². The third-order valence-corrected chi connectivity index (χ3v) is 4.31. The van der Waals surface area contributed by atoms with Crippen LogP contribution in [0.2, 0.25) is 0 Å². The molecule has 0 aliphatic heterocycles. The van der Waals surface area contributed by atoms with Gasteiger partial charge in [-0.05, 0) is 32.0 Å². The SMILES string of the molecule is Cc1ccc(C(C)NCC(O)c2ccc(F)cc2F)s1. The second kappa shape index (κ2) is 6.43. The van der Waals surface area contributed by atoms with E-state index < -0.39 is 17.7 Å². The number of thiophene rings is 1. The highest BCUT2D eigenvalue weighted by atomic mass is 32.1. The van der Waals surface area contributed by atoms with Crippen LogP contribution in [-0.4, -0.2) is 11.7 Å². The van der Waals surface area contributed by atoms with Crippen LogP contribution in [-0.2, 0) is 0 Å². The molecule has 1 heterocycles. The number of aliphatic hydroxyl groups excluding tert-OH is 1. The van der Waals surface area contributed by atoms with E-state index in [0.29, 0.717) is 0 Å². The first kappa shape index (κ1) is 15.1. The molecule has 2 unspecified atom stereocenters. The van der Waals surface area contributed by atoms with Gasteiger partial charge in [0, 0.05) is 34.0 Å². The van der Waals surface area contributed by atoms with Gasteiger partial charge in [-0.1, -0.05) is 6.07 Å². The lowest BCUT2D eigenvalue weighted by molar-refractivity contribution is 0.166. The number of nitrogens with one attached hydrogen (secondary N) is 1. The number of benzene rings is 1. The molecule has 0 spiro atoms. The van der Waals surface area contributed by atoms with Crippen molar-refractivity contribution in [2.45, 2.75) is 26.0 Å². The van der Waals surface area contributed by atoms with E-state index in [2.05, 4.69) is 5.32 Å². The Morgan fingerprint density at radius 3 is 2.60 bits per heavy atom. The fraction of sp³-hybridized carbons (Fsp3) is 0.333. The smallest absolute Gasteiger partial charge is 0.131 e. The van der Waals surface area contributed by atoms with E-state index in [1.807, 2.05) is 26.0 Å². The van der Waals surface area contributed by atoms with Crippen LogP contribution in [0.4, 0.5) is 8.78 Å². The zero-order valence-electron chi connectivity index (χ0n) is 11.4. The van der Waals surface area contributed by atoms with Gasteiger partial charge < -0.3 is 10.4 Å². The van der Waals surface area contributed by atoms with Crippen LogP contribution in [0.1, 0.15) is 34.4 Å². The summed E-state index contributed by atoms with van der Waals surface area (Å²) in [5.74, 6) is -1.37. The maximum Gasteiger partial charge on any atom is 0.131 e. The molecular formula is C15H17F2NOS. The molecule has 0 saturated carbocycles. The molecule has 108 valence electrons. The highest BCUT2D eigenvalue weighted by Gasteiger charge is 2.15. The van der Waals surface area contributed by atoms with Crippen molar-refractivity contribution in [3.05, 3.63) is 57.3 Å². The van der Waals surface area contributed by atoms with E-state index in [9.17, 15) is 13.9 Å². The molecule has 0 fully saturated rings. The van der Waals surface area contributed by atoms with Gasteiger partial charge >= 0.3 is 0 Å². The molecule has 5 heteroatoms. The largest absolute Gasteiger partial charge is 0.387 e. The molecule has 2 aromatic rings. The normalized spacial score (nSPS) is 14.2. The topological polar surface area (TPSA) is 32.3 Å². The fourth-order valence-electron chi connectivity index (χ4n) is 1.96. The maximum atomic E-state index is 13.5. The third-order valence-electron chi connectivity index (χ3n) is 3.13. The Bertz CT molecular complexity index is 585. The van der Waals surface area contributed by atoms with Gasteiger partial charge in [-0.2, -0.15) is 0 Å². The Labute approximate surface area is 121 Å². The lowest BCUT2D eigenvalue weighted by Gasteiger charge is -2.17. The van der Waals surface area contributed by atoms with Crippen LogP contribution in [0.3, 0.4) is 0 Å². The van der Waals surface area contributed by atoms with Crippen molar-refractivity contribution in [2.24, 2.45) is 0 Å². The van der Waals surface area contributed by atoms with Gasteiger partial charge in [-0.3, -0.25) is 0 Å². The summed E-state index contributed by atoms with van der Waals surface area (Å²) >= 11 is 1.68. The van der Waals surface area contributed by atoms with E-state index in [1.165, 1.54) is 10.9 Å². The van der Waals surface area contributed by atoms with Crippen LogP contribution in [0.25, 0.3) is 0 Å². The summed E-state index contributed by atoms with van der Waals surface area (Å²) in [5, 5.41) is 13.1. The molecule has 2 nitrogen and oxygen atoms in total. The summed E-state index contributed by atoms with van der Waals surface area (Å²) in [6.45, 7) is 4.23. The number of hydrogen-bond acceptors (Lipinski definition) is 3. The Hall–Kier alpha value is -1.30. The maximum absolute atomic E-state index is 13.5. The molecule has 2 N–H and O–H groups in total. The summed E-state index contributed by atoms with van der Waals surface area (Å²) in [4.78, 5) is 2.38. The summed E-state index contributed by atoms with van der Waals surface area (Å²) < 4.78 is 26.3. The highest BCUT2D eigenvalue weighted by molar-refractivity contribution is 7.12. The van der Waals surface area contributed by atoms with Gasteiger partial charge in [-0.15, -0.1) is 11.3 Å². The van der Waals surface area contributed by atoms with Crippen molar-refractivity contribution in [3.8, 4) is 0 Å². The molecule has 0 saturated heterocycles. The van der Waals surface area contributed by atoms with E-state index in [-0.39, 0.29) is 18.2 Å². The lowest BCUT2D eigenvalue weighted by Crippen LogP contribution is -2.24. The Kier molecular flexibility index (Phi) is 4.86. The standard InChI is InChI=1S/C15H17F2NOS/c1-9-3-6-15(20-9)10(2)18-8-14(19)12-5-4-11(16)7-13(12)17/h3-7,10,14,18-19H,8H2,1-2H3. The van der Waals surface area contributed by atoms with Gasteiger partial charge in [0.1, 0.15) is 11.6 Å². The summed E-state index contributed by atoms with van der Waals surface area (Å²) in [6.07, 6.45) is -1.00. The average molecular weight is 297 g/mol. The monoisotopic (exact) mass is 297 g/mol. The van der Waals surface area contributed by atoms with Crippen molar-refractivity contribution in [1.29, 1.82) is 0 Å². The summed E-state index contributed by atoms with van der Waals surface area (Å²) in [7, 11) is 0. The van der Waals surface area contributed by atoms with Crippen LogP contribution >= 0.6 is 11.3 Å². The summed E-state index contributed by atoms with van der Waals surface area (Å²) in [5.41, 5.74) is 0.105. The van der Waals surface area contributed by atoms with Crippen LogP contribution in [0.5, 0.6) is 0 Å². The first-order valence-electron chi connectivity index (χ1n) is 6.40. The predicted octanol–water partition coefficient (Wildman–Crippen LogP) is 3.72. The molecule has 0 amide bonds. The molecular weight excluding hydrogens is 280 g/mol. The Balaban J connectivity index is 1.96. The molecule has 2 rings (SSSR count). The molecule has 0 bridgehead atoms. The molecule has 2 atom stereocenters. The first-order valence-corrected chi connectivity index (χ1v) is 7.21. The lowest BCUT2D eigenvalue weighted by atomic mass is 10.1. The highest BCUT2D eigenvalue weighted by Crippen LogP contribution is 2.23. The number of halogens is 2. The molecule has 1 aromatic heterocycles. The van der Waals surface area contributed by atoms with E-state index in [0.717, 1.165) is 17.0 Å². The molecule has 1 aromatic carbocycles. The zero-order chi connectivity index (χ0) is 14.7. The number of hydrogen-bond donors (Lipinski definition) is 2. The van der Waals surface area contributed by atoms with Crippen molar-refractivity contribution >= 4 is 11.3 Å². The quantitative estimate of drug-likeness (QED) is 0.881. The van der Waals surface area contributed by atoms with Crippen molar-refractivity contribution in [1.82, 2.24) is 5.32 Å². The van der Waals surface area contributed by atoms with E-state index >= 15 is 0 Å². The number of rotatable bonds is 5. The van der Waals surface area contributed by atoms with Crippen molar-refractivity contribution < 1.29 is 13.9 Å². The van der Waals surface area contributed by atoms with Crippen molar-refractivity contribution in [3.63, 3.8) is 0 Å². The fourth-order valence-corrected chi connectivity index (χ4v) is 2.86. The molecule has 20 heavy (non-hydrogen) atoms. The number of aliphatic hydroxyl groups is 1. The minimum Gasteiger partial charge on any atom is -0.387 e. The van der Waals surface area contributed by atoms with Crippen LogP contribution < -0.4 is 5.32 Å². The van der Waals surface area contributed by atoms with Gasteiger partial charge in [0.25, 0.3) is 0 Å². The van der Waals surface area contributed by atoms with Crippen molar-refractivity contribution in [2.75, 3.05) is 6.54 Å². The van der Waals surface area contributed by atoms with Crippen LogP contribution in [0, 0.1) is 18.6 Å². The minimum atomic E-state index is -1.00. The summed E-state index contributed by atoms with van der Waals surface area (Å²) in [6, 6.07) is 7.35. The van der Waals surface area contributed by atoms with Crippen LogP contribution in [0.15, 0.2) is 30.3 Å². The second-order valence-electron chi connectivity index (χ2n) is 4.76. The first-order chi connectivity index (χ1) is 9.47. The average Bonchev–Trinajstić information content (AvgIpc) is 2.82. The zero-order valence-corrected chi connectivity index (χ0v) is 12.2. The second-order valence-corrected chi connectivity index (χ2v) is 6.08.